The Hall–Kier alpha value is -3.22. The first-order valence-corrected chi connectivity index (χ1v) is 11.2. The molecular formula is C25H34N4O3. The van der Waals surface area contributed by atoms with E-state index in [1.165, 1.54) is 6.42 Å². The number of benzene rings is 2. The van der Waals surface area contributed by atoms with Crippen molar-refractivity contribution in [3.63, 3.8) is 0 Å². The van der Waals surface area contributed by atoms with Crippen LogP contribution in [0.1, 0.15) is 43.2 Å². The molecule has 1 amide bonds. The molecule has 1 fully saturated rings. The fourth-order valence-electron chi connectivity index (χ4n) is 3.95. The molecule has 0 heterocycles. The number of guanidine groups is 1. The molecule has 2 aromatic rings. The van der Waals surface area contributed by atoms with E-state index in [4.69, 9.17) is 9.47 Å². The molecule has 7 nitrogen and oxygen atoms in total. The van der Waals surface area contributed by atoms with Crippen molar-refractivity contribution in [3.8, 4) is 11.5 Å². The second kappa shape index (κ2) is 12.0. The van der Waals surface area contributed by atoms with Crippen LogP contribution in [0.25, 0.3) is 0 Å². The van der Waals surface area contributed by atoms with E-state index >= 15 is 0 Å². The summed E-state index contributed by atoms with van der Waals surface area (Å²) in [6, 6.07) is 13.8. The molecule has 0 aromatic heterocycles. The molecule has 0 atom stereocenters. The molecule has 0 saturated heterocycles. The quantitative estimate of drug-likeness (QED) is 0.427. The third kappa shape index (κ3) is 6.64. The number of aliphatic imine (C=N–C) groups is 1. The Bertz CT molecular complexity index is 923. The van der Waals surface area contributed by atoms with Crippen LogP contribution in [0, 0.1) is 5.92 Å². The van der Waals surface area contributed by atoms with E-state index < -0.39 is 0 Å². The number of rotatable bonds is 8. The maximum Gasteiger partial charge on any atom is 0.227 e. The van der Waals surface area contributed by atoms with Crippen molar-refractivity contribution >= 4 is 17.6 Å². The van der Waals surface area contributed by atoms with Gasteiger partial charge < -0.3 is 25.4 Å². The highest BCUT2D eigenvalue weighted by atomic mass is 16.5. The molecule has 0 radical (unpaired) electrons. The number of carbonyl (C=O) groups excluding carboxylic acids is 1. The number of carbonyl (C=O) groups is 1. The lowest BCUT2D eigenvalue weighted by Crippen LogP contribution is -2.36. The summed E-state index contributed by atoms with van der Waals surface area (Å²) in [6.45, 7) is 1.19. The van der Waals surface area contributed by atoms with Gasteiger partial charge in [-0.15, -0.1) is 0 Å². The van der Waals surface area contributed by atoms with E-state index in [1.807, 2.05) is 42.5 Å². The van der Waals surface area contributed by atoms with E-state index in [-0.39, 0.29) is 11.8 Å². The second-order valence-electron chi connectivity index (χ2n) is 7.99. The van der Waals surface area contributed by atoms with Crippen LogP contribution < -0.4 is 25.4 Å². The topological polar surface area (TPSA) is 84.0 Å². The summed E-state index contributed by atoms with van der Waals surface area (Å²) in [7, 11) is 4.99. The molecule has 172 valence electrons. The summed E-state index contributed by atoms with van der Waals surface area (Å²) in [5.74, 6) is 2.37. The van der Waals surface area contributed by atoms with Crippen LogP contribution in [0.2, 0.25) is 0 Å². The summed E-state index contributed by atoms with van der Waals surface area (Å²) < 4.78 is 10.6. The number of methoxy groups -OCH3 is 2. The van der Waals surface area contributed by atoms with Gasteiger partial charge >= 0.3 is 0 Å². The average molecular weight is 439 g/mol. The van der Waals surface area contributed by atoms with Gasteiger partial charge in [-0.3, -0.25) is 9.79 Å². The number of anilines is 1. The van der Waals surface area contributed by atoms with E-state index in [0.717, 1.165) is 42.5 Å². The summed E-state index contributed by atoms with van der Waals surface area (Å²) in [4.78, 5) is 16.8. The van der Waals surface area contributed by atoms with Gasteiger partial charge in [-0.05, 0) is 48.2 Å². The molecule has 3 N–H and O–H groups in total. The standard InChI is InChI=1S/C25H34N4O3/c1-26-25(28-17-19-12-13-22(31-2)23(15-19)32-3)27-16-18-8-7-11-21(14-18)29-24(30)20-9-5-4-6-10-20/h7-8,11-15,20H,4-6,9-10,16-17H2,1-3H3,(H,29,30)(H2,26,27,28). The zero-order chi connectivity index (χ0) is 22.8. The summed E-state index contributed by atoms with van der Waals surface area (Å²) in [5.41, 5.74) is 2.96. The zero-order valence-electron chi connectivity index (χ0n) is 19.2. The number of hydrogen-bond donors (Lipinski definition) is 3. The van der Waals surface area contributed by atoms with Crippen molar-refractivity contribution in [2.45, 2.75) is 45.2 Å². The smallest absolute Gasteiger partial charge is 0.227 e. The zero-order valence-corrected chi connectivity index (χ0v) is 19.2. The number of amides is 1. The Balaban J connectivity index is 1.51. The van der Waals surface area contributed by atoms with E-state index in [1.54, 1.807) is 21.3 Å². The number of nitrogens with zero attached hydrogens (tertiary/aromatic N) is 1. The Morgan fingerprint density at radius 1 is 0.938 bits per heavy atom. The SMILES string of the molecule is CN=C(NCc1cccc(NC(=O)C2CCCCC2)c1)NCc1ccc(OC)c(OC)c1. The van der Waals surface area contributed by atoms with Crippen LogP contribution in [-0.2, 0) is 17.9 Å². The molecule has 2 aromatic carbocycles. The van der Waals surface area contributed by atoms with Crippen LogP contribution in [0.3, 0.4) is 0 Å². The number of ether oxygens (including phenoxy) is 2. The number of hydrogen-bond acceptors (Lipinski definition) is 4. The van der Waals surface area contributed by atoms with Gasteiger partial charge in [-0.25, -0.2) is 0 Å². The van der Waals surface area contributed by atoms with E-state index in [0.29, 0.717) is 30.5 Å². The maximum atomic E-state index is 12.5. The van der Waals surface area contributed by atoms with Gasteiger partial charge in [0, 0.05) is 31.7 Å². The normalized spacial score (nSPS) is 14.5. The molecule has 32 heavy (non-hydrogen) atoms. The number of nitrogens with one attached hydrogen (secondary N) is 3. The van der Waals surface area contributed by atoms with Crippen LogP contribution in [0.4, 0.5) is 5.69 Å². The van der Waals surface area contributed by atoms with Crippen LogP contribution >= 0.6 is 0 Å². The van der Waals surface area contributed by atoms with Crippen LogP contribution in [0.15, 0.2) is 47.5 Å². The monoisotopic (exact) mass is 438 g/mol. The van der Waals surface area contributed by atoms with Crippen molar-refractivity contribution in [1.29, 1.82) is 0 Å². The summed E-state index contributed by atoms with van der Waals surface area (Å²) in [5, 5.41) is 9.71. The fraction of sp³-hybridized carbons (Fsp3) is 0.440. The predicted molar refractivity (Wildman–Crippen MR) is 128 cm³/mol. The highest BCUT2D eigenvalue weighted by Crippen LogP contribution is 2.27. The van der Waals surface area contributed by atoms with Gasteiger partial charge in [-0.2, -0.15) is 0 Å². The second-order valence-corrected chi connectivity index (χ2v) is 7.99. The highest BCUT2D eigenvalue weighted by molar-refractivity contribution is 5.92. The lowest BCUT2D eigenvalue weighted by molar-refractivity contribution is -0.120. The third-order valence-corrected chi connectivity index (χ3v) is 5.76. The average Bonchev–Trinajstić information content (AvgIpc) is 2.84. The van der Waals surface area contributed by atoms with Gasteiger partial charge in [0.15, 0.2) is 17.5 Å². The van der Waals surface area contributed by atoms with Crippen molar-refractivity contribution < 1.29 is 14.3 Å². The molecule has 3 rings (SSSR count). The lowest BCUT2D eigenvalue weighted by atomic mass is 9.88. The molecular weight excluding hydrogens is 404 g/mol. The van der Waals surface area contributed by atoms with E-state index in [9.17, 15) is 4.79 Å². The van der Waals surface area contributed by atoms with Crippen molar-refractivity contribution in [2.24, 2.45) is 10.9 Å². The Morgan fingerprint density at radius 2 is 1.62 bits per heavy atom. The first-order chi connectivity index (χ1) is 15.6. The molecule has 0 unspecified atom stereocenters. The minimum absolute atomic E-state index is 0.141. The molecule has 0 spiro atoms. The predicted octanol–water partition coefficient (Wildman–Crippen LogP) is 4.09. The molecule has 1 aliphatic carbocycles. The van der Waals surface area contributed by atoms with Crippen LogP contribution in [0.5, 0.6) is 11.5 Å². The molecule has 1 saturated carbocycles. The molecule has 0 bridgehead atoms. The lowest BCUT2D eigenvalue weighted by Gasteiger charge is -2.21. The fourth-order valence-corrected chi connectivity index (χ4v) is 3.95. The van der Waals surface area contributed by atoms with Crippen molar-refractivity contribution in [1.82, 2.24) is 10.6 Å². The Labute approximate surface area is 190 Å². The van der Waals surface area contributed by atoms with Crippen molar-refractivity contribution in [3.05, 3.63) is 53.6 Å². The Kier molecular flexibility index (Phi) is 8.78. The third-order valence-electron chi connectivity index (χ3n) is 5.76. The largest absolute Gasteiger partial charge is 0.493 e. The summed E-state index contributed by atoms with van der Waals surface area (Å²) >= 11 is 0. The summed E-state index contributed by atoms with van der Waals surface area (Å²) in [6.07, 6.45) is 5.53. The maximum absolute atomic E-state index is 12.5. The van der Waals surface area contributed by atoms with Gasteiger partial charge in [0.25, 0.3) is 0 Å². The minimum atomic E-state index is 0.141. The molecule has 7 heteroatoms. The first-order valence-electron chi connectivity index (χ1n) is 11.2. The van der Waals surface area contributed by atoms with Gasteiger partial charge in [0.2, 0.25) is 5.91 Å². The first kappa shape index (κ1) is 23.4. The highest BCUT2D eigenvalue weighted by Gasteiger charge is 2.21. The van der Waals surface area contributed by atoms with Gasteiger partial charge in [-0.1, -0.05) is 37.5 Å². The van der Waals surface area contributed by atoms with E-state index in [2.05, 4.69) is 20.9 Å². The molecule has 1 aliphatic rings. The van der Waals surface area contributed by atoms with Crippen molar-refractivity contribution in [2.75, 3.05) is 26.6 Å². The Morgan fingerprint density at radius 3 is 2.28 bits per heavy atom. The van der Waals surface area contributed by atoms with Gasteiger partial charge in [0.05, 0.1) is 14.2 Å². The molecule has 0 aliphatic heterocycles. The van der Waals surface area contributed by atoms with Crippen LogP contribution in [-0.4, -0.2) is 33.1 Å². The van der Waals surface area contributed by atoms with Gasteiger partial charge in [0.1, 0.15) is 0 Å². The minimum Gasteiger partial charge on any atom is -0.493 e.